The number of esters is 1. The molecule has 2 rings (SSSR count). The van der Waals surface area contributed by atoms with Gasteiger partial charge in [-0.2, -0.15) is 5.26 Å². The normalized spacial score (nSPS) is 23.5. The summed E-state index contributed by atoms with van der Waals surface area (Å²) >= 11 is 0. The van der Waals surface area contributed by atoms with Crippen LogP contribution >= 0.6 is 0 Å². The molecule has 0 aromatic heterocycles. The predicted octanol–water partition coefficient (Wildman–Crippen LogP) is 2.90. The Kier molecular flexibility index (Phi) is 3.91. The number of hydrogen-bond acceptors (Lipinski definition) is 5. The Hall–Kier alpha value is -2.20. The van der Waals surface area contributed by atoms with Crippen LogP contribution < -0.4 is 4.90 Å². The van der Waals surface area contributed by atoms with Crippen LogP contribution in [0.3, 0.4) is 0 Å². The van der Waals surface area contributed by atoms with Crippen LogP contribution in [0, 0.1) is 23.0 Å². The largest absolute Gasteiger partial charge is 0.460 e. The number of nitriles is 1. The number of piperidine rings is 1. The van der Waals surface area contributed by atoms with E-state index in [0.29, 0.717) is 12.1 Å². The number of anilines is 1. The molecule has 1 heterocycles. The van der Waals surface area contributed by atoms with Crippen LogP contribution in [0.2, 0.25) is 0 Å². The van der Waals surface area contributed by atoms with Crippen LogP contribution in [0.5, 0.6) is 0 Å². The maximum absolute atomic E-state index is 14.4. The van der Waals surface area contributed by atoms with E-state index < -0.39 is 72.3 Å². The van der Waals surface area contributed by atoms with Crippen LogP contribution in [0.15, 0.2) is 12.1 Å². The summed E-state index contributed by atoms with van der Waals surface area (Å²) < 4.78 is 66.2. The monoisotopic (exact) mass is 356 g/mol. The van der Waals surface area contributed by atoms with Crippen molar-refractivity contribution in [2.24, 2.45) is 0 Å². The van der Waals surface area contributed by atoms with E-state index in [1.54, 1.807) is 20.8 Å². The number of rotatable bonds is 3. The van der Waals surface area contributed by atoms with Crippen LogP contribution in [-0.4, -0.2) is 35.4 Å². The molecule has 0 atom stereocenters. The SMILES string of the molecule is [2H]C1([2H])CN(c2cc(F)c(C#N)cc2F)CC([2H])([2H])C1(O)CC(=O)OC(C)(C)C. The average Bonchev–Trinajstić information content (AvgIpc) is 2.52. The fraction of sp³-hybridized carbons (Fsp3) is 0.556. The fourth-order valence-electron chi connectivity index (χ4n) is 2.32. The van der Waals surface area contributed by atoms with Crippen molar-refractivity contribution in [2.45, 2.75) is 51.1 Å². The molecule has 7 heteroatoms. The number of halogens is 2. The number of hydrogen-bond donors (Lipinski definition) is 1. The summed E-state index contributed by atoms with van der Waals surface area (Å²) in [4.78, 5) is 13.1. The van der Waals surface area contributed by atoms with Crippen molar-refractivity contribution in [1.82, 2.24) is 0 Å². The summed E-state index contributed by atoms with van der Waals surface area (Å²) in [6, 6.07) is 2.79. The van der Waals surface area contributed by atoms with Gasteiger partial charge in [-0.1, -0.05) is 0 Å². The molecule has 25 heavy (non-hydrogen) atoms. The molecule has 1 aliphatic rings. The molecule has 0 radical (unpaired) electrons. The van der Waals surface area contributed by atoms with Gasteiger partial charge in [-0.15, -0.1) is 0 Å². The van der Waals surface area contributed by atoms with Crippen molar-refractivity contribution in [3.8, 4) is 6.07 Å². The van der Waals surface area contributed by atoms with E-state index in [-0.39, 0.29) is 0 Å². The standard InChI is InChI=1S/C18H22F2N2O3/c1-17(2,3)25-16(23)10-18(24)4-6-22(7-5-18)15-9-13(19)12(11-21)8-14(15)20/h8-9,24H,4-7,10H2,1-3H3/i4D2,5D2. The summed E-state index contributed by atoms with van der Waals surface area (Å²) in [7, 11) is 0. The van der Waals surface area contributed by atoms with Gasteiger partial charge in [0.25, 0.3) is 0 Å². The van der Waals surface area contributed by atoms with Crippen molar-refractivity contribution < 1.29 is 28.9 Å². The van der Waals surface area contributed by atoms with Gasteiger partial charge in [0.05, 0.1) is 23.3 Å². The lowest BCUT2D eigenvalue weighted by Crippen LogP contribution is -2.46. The third kappa shape index (κ3) is 4.89. The number of carbonyl (C=O) groups is 1. The highest BCUT2D eigenvalue weighted by atomic mass is 19.1. The Morgan fingerprint density at radius 3 is 2.52 bits per heavy atom. The Labute approximate surface area is 151 Å². The fourth-order valence-corrected chi connectivity index (χ4v) is 2.32. The Morgan fingerprint density at radius 2 is 2.00 bits per heavy atom. The molecular formula is C18H22F2N2O3. The molecule has 5 nitrogen and oxygen atoms in total. The summed E-state index contributed by atoms with van der Waals surface area (Å²) in [6.07, 6.45) is -6.40. The molecule has 0 unspecified atom stereocenters. The zero-order chi connectivity index (χ0) is 22.4. The molecular weight excluding hydrogens is 330 g/mol. The Morgan fingerprint density at radius 1 is 1.40 bits per heavy atom. The van der Waals surface area contributed by atoms with Gasteiger partial charge in [0.2, 0.25) is 0 Å². The Bertz CT molecular complexity index is 848. The number of benzene rings is 1. The van der Waals surface area contributed by atoms with Gasteiger partial charge >= 0.3 is 5.97 Å². The van der Waals surface area contributed by atoms with Crippen LogP contribution in [-0.2, 0) is 9.53 Å². The van der Waals surface area contributed by atoms with Crippen molar-refractivity contribution in [2.75, 3.05) is 18.0 Å². The first-order valence-corrected chi connectivity index (χ1v) is 7.61. The van der Waals surface area contributed by atoms with E-state index in [1.807, 2.05) is 0 Å². The molecule has 0 aliphatic carbocycles. The van der Waals surface area contributed by atoms with E-state index >= 15 is 0 Å². The van der Waals surface area contributed by atoms with Crippen molar-refractivity contribution in [3.63, 3.8) is 0 Å². The lowest BCUT2D eigenvalue weighted by Gasteiger charge is -2.39. The van der Waals surface area contributed by atoms with Crippen LogP contribution in [0.25, 0.3) is 0 Å². The summed E-state index contributed by atoms with van der Waals surface area (Å²) in [5.41, 5.74) is -4.68. The van der Waals surface area contributed by atoms with E-state index in [4.69, 9.17) is 15.5 Å². The highest BCUT2D eigenvalue weighted by Crippen LogP contribution is 2.31. The molecule has 1 aromatic rings. The maximum atomic E-state index is 14.4. The van der Waals surface area contributed by atoms with Crippen molar-refractivity contribution in [1.29, 1.82) is 5.26 Å². The van der Waals surface area contributed by atoms with E-state index in [9.17, 15) is 18.7 Å². The molecule has 0 spiro atoms. The van der Waals surface area contributed by atoms with Gasteiger partial charge in [-0.05, 0) is 39.6 Å². The smallest absolute Gasteiger partial charge is 0.309 e. The van der Waals surface area contributed by atoms with E-state index in [1.165, 1.54) is 6.07 Å². The minimum atomic E-state index is -2.76. The van der Waals surface area contributed by atoms with Gasteiger partial charge in [-0.25, -0.2) is 8.78 Å². The third-order valence-electron chi connectivity index (χ3n) is 3.44. The number of aliphatic hydroxyl groups is 1. The minimum Gasteiger partial charge on any atom is -0.460 e. The first-order chi connectivity index (χ1) is 13.0. The molecule has 1 aromatic carbocycles. The Balaban J connectivity index is 2.40. The van der Waals surface area contributed by atoms with E-state index in [0.717, 1.165) is 4.90 Å². The topological polar surface area (TPSA) is 73.6 Å². The number of ether oxygens (including phenoxy) is 1. The molecule has 1 aliphatic heterocycles. The molecule has 1 fully saturated rings. The van der Waals surface area contributed by atoms with Crippen LogP contribution in [0.4, 0.5) is 14.5 Å². The van der Waals surface area contributed by atoms with Crippen molar-refractivity contribution >= 4 is 11.7 Å². The van der Waals surface area contributed by atoms with Gasteiger partial charge in [0.1, 0.15) is 23.3 Å². The summed E-state index contributed by atoms with van der Waals surface area (Å²) in [5, 5.41) is 19.7. The molecule has 0 bridgehead atoms. The zero-order valence-electron chi connectivity index (χ0n) is 18.2. The summed E-state index contributed by atoms with van der Waals surface area (Å²) in [5.74, 6) is -3.07. The lowest BCUT2D eigenvalue weighted by molar-refractivity contribution is -0.161. The summed E-state index contributed by atoms with van der Waals surface area (Å²) in [6.45, 7) is 3.29. The van der Waals surface area contributed by atoms with Gasteiger partial charge in [0, 0.05) is 24.6 Å². The average molecular weight is 356 g/mol. The zero-order valence-corrected chi connectivity index (χ0v) is 14.2. The molecule has 1 N–H and O–H groups in total. The second-order valence-corrected chi connectivity index (χ2v) is 6.73. The van der Waals surface area contributed by atoms with Crippen molar-refractivity contribution in [3.05, 3.63) is 29.3 Å². The maximum Gasteiger partial charge on any atom is 0.309 e. The van der Waals surface area contributed by atoms with E-state index in [2.05, 4.69) is 0 Å². The minimum absolute atomic E-state index is 0.450. The lowest BCUT2D eigenvalue weighted by atomic mass is 9.88. The number of nitrogens with zero attached hydrogens (tertiary/aromatic N) is 2. The highest BCUT2D eigenvalue weighted by molar-refractivity contribution is 5.71. The third-order valence-corrected chi connectivity index (χ3v) is 3.44. The molecule has 136 valence electrons. The van der Waals surface area contributed by atoms with Gasteiger partial charge in [0.15, 0.2) is 0 Å². The molecule has 0 amide bonds. The van der Waals surface area contributed by atoms with Crippen LogP contribution in [0.1, 0.15) is 51.0 Å². The quantitative estimate of drug-likeness (QED) is 0.843. The molecule has 1 saturated heterocycles. The second kappa shape index (κ2) is 6.96. The first kappa shape index (κ1) is 14.0. The van der Waals surface area contributed by atoms with Gasteiger partial charge in [-0.3, -0.25) is 4.79 Å². The predicted molar refractivity (Wildman–Crippen MR) is 87.9 cm³/mol. The second-order valence-electron chi connectivity index (χ2n) is 6.73. The highest BCUT2D eigenvalue weighted by Gasteiger charge is 2.36. The number of carbonyl (C=O) groups excluding carboxylic acids is 1. The molecule has 0 saturated carbocycles. The first-order valence-electron chi connectivity index (χ1n) is 9.61. The van der Waals surface area contributed by atoms with Gasteiger partial charge < -0.3 is 14.7 Å².